The Morgan fingerprint density at radius 3 is 2.67 bits per heavy atom. The molecule has 18 heavy (non-hydrogen) atoms. The largest absolute Gasteiger partial charge is 0.497 e. The maximum Gasteiger partial charge on any atom is 0.145 e. The van der Waals surface area contributed by atoms with Crippen LogP contribution in [0.4, 0.5) is 0 Å². The molecule has 2 aromatic heterocycles. The summed E-state index contributed by atoms with van der Waals surface area (Å²) in [4.78, 5) is 4.37. The molecule has 1 aromatic carbocycles. The van der Waals surface area contributed by atoms with Gasteiger partial charge in [0.1, 0.15) is 11.4 Å². The fourth-order valence-electron chi connectivity index (χ4n) is 1.96. The average Bonchev–Trinajstić information content (AvgIpc) is 2.77. The quantitative estimate of drug-likeness (QED) is 0.701. The first-order chi connectivity index (χ1) is 8.79. The highest BCUT2D eigenvalue weighted by Crippen LogP contribution is 2.27. The van der Waals surface area contributed by atoms with E-state index in [-0.39, 0.29) is 0 Å². The number of halogens is 1. The van der Waals surface area contributed by atoms with Crippen LogP contribution in [-0.4, -0.2) is 16.7 Å². The van der Waals surface area contributed by atoms with E-state index in [0.717, 1.165) is 22.5 Å². The summed E-state index contributed by atoms with van der Waals surface area (Å²) in [6.07, 6.45) is 3.64. The van der Waals surface area contributed by atoms with E-state index < -0.39 is 0 Å². The van der Waals surface area contributed by atoms with E-state index in [9.17, 15) is 0 Å². The summed E-state index contributed by atoms with van der Waals surface area (Å²) in [6.45, 7) is 0. The van der Waals surface area contributed by atoms with Crippen molar-refractivity contribution in [3.8, 4) is 11.4 Å². The summed E-state index contributed by atoms with van der Waals surface area (Å²) in [5.41, 5.74) is 1.86. The first kappa shape index (κ1) is 11.1. The molecule has 0 amide bonds. The van der Waals surface area contributed by atoms with Gasteiger partial charge in [0.05, 0.1) is 12.1 Å². The minimum atomic E-state index is 0.703. The molecule has 0 N–H and O–H groups in total. The van der Waals surface area contributed by atoms with E-state index >= 15 is 0 Å². The van der Waals surface area contributed by atoms with Gasteiger partial charge in [0.2, 0.25) is 0 Å². The van der Waals surface area contributed by atoms with Crippen molar-refractivity contribution in [1.29, 1.82) is 0 Å². The predicted molar refractivity (Wildman–Crippen MR) is 72.6 cm³/mol. The van der Waals surface area contributed by atoms with Gasteiger partial charge in [-0.15, -0.1) is 0 Å². The fourth-order valence-corrected chi connectivity index (χ4v) is 2.20. The highest BCUT2D eigenvalue weighted by molar-refractivity contribution is 6.35. The zero-order valence-corrected chi connectivity index (χ0v) is 10.6. The molecule has 0 unspecified atom stereocenters. The molecule has 0 bridgehead atoms. The number of hydrogen-bond acceptors (Lipinski definition) is 2. The Hall–Kier alpha value is -2.00. The van der Waals surface area contributed by atoms with Crippen molar-refractivity contribution in [2.45, 2.75) is 0 Å². The van der Waals surface area contributed by atoms with Crippen molar-refractivity contribution in [3.05, 3.63) is 53.8 Å². The Morgan fingerprint density at radius 1 is 1.17 bits per heavy atom. The lowest BCUT2D eigenvalue weighted by atomic mass is 10.3. The molecule has 0 saturated carbocycles. The van der Waals surface area contributed by atoms with Crippen LogP contribution in [0.1, 0.15) is 0 Å². The molecular weight excluding hydrogens is 248 g/mol. The highest BCUT2D eigenvalue weighted by atomic mass is 35.5. The van der Waals surface area contributed by atoms with Gasteiger partial charge in [-0.1, -0.05) is 11.6 Å². The van der Waals surface area contributed by atoms with Gasteiger partial charge < -0.3 is 4.74 Å². The van der Waals surface area contributed by atoms with Crippen LogP contribution in [0.15, 0.2) is 48.8 Å². The number of aromatic nitrogens is 2. The third-order valence-corrected chi connectivity index (χ3v) is 3.17. The second-order valence-electron chi connectivity index (χ2n) is 3.92. The van der Waals surface area contributed by atoms with E-state index in [0.29, 0.717) is 5.02 Å². The number of benzene rings is 1. The van der Waals surface area contributed by atoms with Crippen LogP contribution in [0, 0.1) is 0 Å². The Morgan fingerprint density at radius 2 is 1.94 bits per heavy atom. The van der Waals surface area contributed by atoms with Gasteiger partial charge in [-0.3, -0.25) is 4.57 Å². The molecule has 3 nitrogen and oxygen atoms in total. The van der Waals surface area contributed by atoms with Crippen LogP contribution in [0.2, 0.25) is 5.02 Å². The van der Waals surface area contributed by atoms with Crippen LogP contribution in [-0.2, 0) is 0 Å². The second kappa shape index (κ2) is 4.35. The zero-order chi connectivity index (χ0) is 12.5. The number of fused-ring (bicyclic) bond motifs is 1. The maximum absolute atomic E-state index is 6.20. The smallest absolute Gasteiger partial charge is 0.145 e. The molecule has 0 aliphatic rings. The van der Waals surface area contributed by atoms with Crippen molar-refractivity contribution >= 4 is 22.6 Å². The third-order valence-electron chi connectivity index (χ3n) is 2.87. The molecule has 3 rings (SSSR count). The Bertz CT molecular complexity index is 689. The second-order valence-corrected chi connectivity index (χ2v) is 4.33. The number of nitrogens with zero attached hydrogens (tertiary/aromatic N) is 2. The molecule has 0 fully saturated rings. The van der Waals surface area contributed by atoms with Crippen LogP contribution in [0.25, 0.3) is 16.7 Å². The molecule has 90 valence electrons. The van der Waals surface area contributed by atoms with Crippen molar-refractivity contribution in [1.82, 2.24) is 9.55 Å². The molecular formula is C14H11ClN2O. The van der Waals surface area contributed by atoms with Crippen molar-refractivity contribution in [2.24, 2.45) is 0 Å². The first-order valence-electron chi connectivity index (χ1n) is 5.55. The summed E-state index contributed by atoms with van der Waals surface area (Å²) >= 11 is 6.20. The Labute approximate surface area is 110 Å². The summed E-state index contributed by atoms with van der Waals surface area (Å²) in [5, 5.41) is 1.66. The molecule has 3 aromatic rings. The summed E-state index contributed by atoms with van der Waals surface area (Å²) in [7, 11) is 1.65. The SMILES string of the molecule is COc1ccc(-n2cc(Cl)c3cccnc32)cc1. The van der Waals surface area contributed by atoms with E-state index in [1.54, 1.807) is 13.3 Å². The van der Waals surface area contributed by atoms with E-state index in [4.69, 9.17) is 16.3 Å². The number of ether oxygens (including phenoxy) is 1. The molecule has 2 heterocycles. The van der Waals surface area contributed by atoms with Gasteiger partial charge in [0.25, 0.3) is 0 Å². The fraction of sp³-hybridized carbons (Fsp3) is 0.0714. The standard InChI is InChI=1S/C14H11ClN2O/c1-18-11-6-4-10(5-7-11)17-9-13(15)12-3-2-8-16-14(12)17/h2-9H,1H3. The third kappa shape index (κ3) is 1.73. The Balaban J connectivity index is 2.18. The lowest BCUT2D eigenvalue weighted by molar-refractivity contribution is 0.415. The van der Waals surface area contributed by atoms with Gasteiger partial charge in [-0.05, 0) is 36.4 Å². The maximum atomic E-state index is 6.20. The molecule has 0 spiro atoms. The van der Waals surface area contributed by atoms with E-state index in [2.05, 4.69) is 4.98 Å². The van der Waals surface area contributed by atoms with Crippen LogP contribution in [0.3, 0.4) is 0 Å². The Kier molecular flexibility index (Phi) is 2.68. The van der Waals surface area contributed by atoms with Crippen molar-refractivity contribution in [2.75, 3.05) is 7.11 Å². The highest BCUT2D eigenvalue weighted by Gasteiger charge is 2.08. The minimum absolute atomic E-state index is 0.703. The first-order valence-corrected chi connectivity index (χ1v) is 5.93. The molecule has 0 saturated heterocycles. The van der Waals surface area contributed by atoms with Crippen molar-refractivity contribution in [3.63, 3.8) is 0 Å². The zero-order valence-electron chi connectivity index (χ0n) is 9.80. The van der Waals surface area contributed by atoms with Gasteiger partial charge in [0, 0.05) is 23.5 Å². The van der Waals surface area contributed by atoms with Gasteiger partial charge in [0.15, 0.2) is 0 Å². The monoisotopic (exact) mass is 258 g/mol. The van der Waals surface area contributed by atoms with Gasteiger partial charge >= 0.3 is 0 Å². The van der Waals surface area contributed by atoms with E-state index in [1.165, 1.54) is 0 Å². The molecule has 4 heteroatoms. The topological polar surface area (TPSA) is 27.1 Å². The van der Waals surface area contributed by atoms with Crippen LogP contribution in [0.5, 0.6) is 5.75 Å². The average molecular weight is 259 g/mol. The minimum Gasteiger partial charge on any atom is -0.497 e. The predicted octanol–water partition coefficient (Wildman–Crippen LogP) is 3.69. The lowest BCUT2D eigenvalue weighted by Gasteiger charge is -2.05. The summed E-state index contributed by atoms with van der Waals surface area (Å²) in [6, 6.07) is 11.6. The van der Waals surface area contributed by atoms with Crippen molar-refractivity contribution < 1.29 is 4.74 Å². The lowest BCUT2D eigenvalue weighted by Crippen LogP contribution is -1.93. The van der Waals surface area contributed by atoms with Gasteiger partial charge in [-0.25, -0.2) is 4.98 Å². The van der Waals surface area contributed by atoms with Gasteiger partial charge in [-0.2, -0.15) is 0 Å². The number of hydrogen-bond donors (Lipinski definition) is 0. The van der Waals surface area contributed by atoms with Crippen LogP contribution >= 0.6 is 11.6 Å². The summed E-state index contributed by atoms with van der Waals surface area (Å²) in [5.74, 6) is 0.828. The molecule has 0 radical (unpaired) electrons. The molecule has 0 atom stereocenters. The summed E-state index contributed by atoms with van der Waals surface area (Å²) < 4.78 is 7.12. The molecule has 0 aliphatic carbocycles. The number of rotatable bonds is 2. The number of pyridine rings is 1. The molecule has 0 aliphatic heterocycles. The normalized spacial score (nSPS) is 10.8. The number of methoxy groups -OCH3 is 1. The van der Waals surface area contributed by atoms with Crippen LogP contribution < -0.4 is 4.74 Å². The van der Waals surface area contributed by atoms with E-state index in [1.807, 2.05) is 47.2 Å².